The van der Waals surface area contributed by atoms with Gasteiger partial charge in [0.25, 0.3) is 18.2 Å². The third-order valence-corrected chi connectivity index (χ3v) is 7.79. The molecular weight excluding hydrogens is 584 g/mol. The Balaban J connectivity index is 1.39. The van der Waals surface area contributed by atoms with Gasteiger partial charge in [0.2, 0.25) is 21.2 Å². The highest BCUT2D eigenvalue weighted by atomic mass is 32.2. The molecule has 1 amide bonds. The highest BCUT2D eigenvalue weighted by Crippen LogP contribution is 2.34. The topological polar surface area (TPSA) is 125 Å². The van der Waals surface area contributed by atoms with Crippen LogP contribution in [-0.2, 0) is 27.7 Å². The monoisotopic (exact) mass is 601 g/mol. The Morgan fingerprint density at radius 3 is 2.71 bits per heavy atom. The van der Waals surface area contributed by atoms with Crippen LogP contribution in [0.15, 0.2) is 47.6 Å². The molecule has 0 bridgehead atoms. The molecule has 4 aromatic rings. The lowest BCUT2D eigenvalue weighted by Gasteiger charge is -2.15. The van der Waals surface area contributed by atoms with Crippen LogP contribution in [0, 0.1) is 5.82 Å². The summed E-state index contributed by atoms with van der Waals surface area (Å²) < 4.78 is 115. The first-order chi connectivity index (χ1) is 19.4. The molecule has 1 unspecified atom stereocenters. The van der Waals surface area contributed by atoms with Crippen molar-refractivity contribution in [2.24, 2.45) is 0 Å². The summed E-state index contributed by atoms with van der Waals surface area (Å²) in [6.45, 7) is -4.96. The second kappa shape index (κ2) is 11.0. The number of fused-ring (bicyclic) bond motifs is 2. The number of nitrogens with zero attached hydrogens (tertiary/aromatic N) is 4. The summed E-state index contributed by atoms with van der Waals surface area (Å²) in [6, 6.07) is 6.04. The fraction of sp³-hybridized carbons (Fsp3) is 0.250. The van der Waals surface area contributed by atoms with E-state index < -0.39 is 80.8 Å². The maximum atomic E-state index is 14.2. The van der Waals surface area contributed by atoms with E-state index in [1.807, 2.05) is 0 Å². The smallest absolute Gasteiger partial charge is 0.388 e. The summed E-state index contributed by atoms with van der Waals surface area (Å²) in [6.07, 6.45) is -0.983. The molecule has 1 aromatic carbocycles. The Morgan fingerprint density at radius 1 is 1.20 bits per heavy atom. The number of halogens is 6. The molecule has 1 aliphatic rings. The van der Waals surface area contributed by atoms with E-state index in [0.717, 1.165) is 23.0 Å². The van der Waals surface area contributed by atoms with Crippen LogP contribution in [-0.4, -0.2) is 52.8 Å². The molecule has 1 aliphatic heterocycles. The van der Waals surface area contributed by atoms with Crippen LogP contribution in [0.1, 0.15) is 33.6 Å². The number of hydrogen-bond acceptors (Lipinski definition) is 8. The SMILES string of the molecule is O=C(NCc1cc2nc(-n3cc(F)c(OC(F)F)n3)ccc2cn1)c1cc(C(F)F)c2c(c1)S(=O)(=O)C(F)COC2. The zero-order chi connectivity index (χ0) is 29.5. The number of rotatable bonds is 7. The number of carbonyl (C=O) groups is 1. The third kappa shape index (κ3) is 5.67. The summed E-state index contributed by atoms with van der Waals surface area (Å²) in [5.41, 5.74) is -3.60. The predicted octanol–water partition coefficient (Wildman–Crippen LogP) is 4.02. The fourth-order valence-electron chi connectivity index (χ4n) is 4.05. The van der Waals surface area contributed by atoms with Crippen molar-refractivity contribution < 1.29 is 49.0 Å². The van der Waals surface area contributed by atoms with Crippen LogP contribution in [0.25, 0.3) is 16.7 Å². The highest BCUT2D eigenvalue weighted by molar-refractivity contribution is 7.92. The number of alkyl halides is 5. The van der Waals surface area contributed by atoms with E-state index in [1.54, 1.807) is 6.07 Å². The van der Waals surface area contributed by atoms with Crippen molar-refractivity contribution in [3.05, 3.63) is 70.9 Å². The van der Waals surface area contributed by atoms with Gasteiger partial charge in [0.1, 0.15) is 0 Å². The van der Waals surface area contributed by atoms with Gasteiger partial charge in [-0.2, -0.15) is 13.2 Å². The first-order valence-corrected chi connectivity index (χ1v) is 13.1. The number of hydrogen-bond donors (Lipinski definition) is 1. The maximum absolute atomic E-state index is 14.2. The van der Waals surface area contributed by atoms with Gasteiger partial charge in [-0.25, -0.2) is 31.3 Å². The van der Waals surface area contributed by atoms with Crippen molar-refractivity contribution in [2.75, 3.05) is 6.61 Å². The van der Waals surface area contributed by atoms with Crippen LogP contribution in [0.3, 0.4) is 0 Å². The second-order valence-electron chi connectivity index (χ2n) is 8.64. The molecule has 0 saturated heterocycles. The lowest BCUT2D eigenvalue weighted by atomic mass is 10.0. The molecule has 0 radical (unpaired) electrons. The van der Waals surface area contributed by atoms with Crippen LogP contribution in [0.5, 0.6) is 5.88 Å². The van der Waals surface area contributed by atoms with E-state index in [0.29, 0.717) is 10.9 Å². The van der Waals surface area contributed by atoms with E-state index in [1.165, 1.54) is 18.3 Å². The summed E-state index contributed by atoms with van der Waals surface area (Å²) in [5.74, 6) is -2.95. The number of carbonyl (C=O) groups excluding carboxylic acids is 1. The molecule has 1 atom stereocenters. The first-order valence-electron chi connectivity index (χ1n) is 11.6. The normalized spacial score (nSPS) is 16.5. The number of sulfone groups is 1. The van der Waals surface area contributed by atoms with Gasteiger partial charge >= 0.3 is 6.61 Å². The molecule has 4 heterocycles. The molecule has 3 aromatic heterocycles. The van der Waals surface area contributed by atoms with Crippen LogP contribution >= 0.6 is 0 Å². The summed E-state index contributed by atoms with van der Waals surface area (Å²) >= 11 is 0. The van der Waals surface area contributed by atoms with E-state index in [4.69, 9.17) is 4.74 Å². The minimum absolute atomic E-state index is 0.0440. The van der Waals surface area contributed by atoms with Gasteiger partial charge in [-0.05, 0) is 30.3 Å². The molecule has 0 saturated carbocycles. The first kappa shape index (κ1) is 28.3. The largest absolute Gasteiger partial charge is 0.413 e. The number of ether oxygens (including phenoxy) is 2. The minimum Gasteiger partial charge on any atom is -0.413 e. The Hall–Kier alpha value is -4.25. The van der Waals surface area contributed by atoms with Gasteiger partial charge in [-0.3, -0.25) is 9.78 Å². The number of benzene rings is 1. The Morgan fingerprint density at radius 2 is 1.98 bits per heavy atom. The van der Waals surface area contributed by atoms with Gasteiger partial charge in [-0.15, -0.1) is 5.10 Å². The van der Waals surface area contributed by atoms with Crippen molar-refractivity contribution >= 4 is 26.6 Å². The van der Waals surface area contributed by atoms with Crippen LogP contribution in [0.4, 0.5) is 26.3 Å². The Bertz CT molecular complexity index is 1750. The van der Waals surface area contributed by atoms with Gasteiger partial charge in [0.15, 0.2) is 5.82 Å². The average molecular weight is 601 g/mol. The molecule has 5 rings (SSSR count). The fourth-order valence-corrected chi connectivity index (χ4v) is 5.41. The standard InChI is InChI=1S/C24H17F6N5O5S/c25-16-8-35(34-23(16)40-24(29)30)20-2-1-11-6-31-13(5-17(11)33-20)7-32-22(36)12-3-14(21(27)28)15-9-39-10-19(26)41(37,38)18(15)4-12/h1-6,8,19,21,24H,7,9-10H2,(H,32,36). The van der Waals surface area contributed by atoms with Crippen molar-refractivity contribution in [3.8, 4) is 11.7 Å². The molecule has 17 heteroatoms. The summed E-state index contributed by atoms with van der Waals surface area (Å²) in [7, 11) is -4.70. The molecular formula is C24H17F6N5O5S. The lowest BCUT2D eigenvalue weighted by molar-refractivity contribution is -0.0553. The van der Waals surface area contributed by atoms with Crippen LogP contribution < -0.4 is 10.1 Å². The number of nitrogens with one attached hydrogen (secondary N) is 1. The van der Waals surface area contributed by atoms with Gasteiger partial charge < -0.3 is 14.8 Å². The third-order valence-electron chi connectivity index (χ3n) is 6.00. The molecule has 10 nitrogen and oxygen atoms in total. The summed E-state index contributed by atoms with van der Waals surface area (Å²) in [5, 5.41) is 6.54. The molecule has 1 N–H and O–H groups in total. The van der Waals surface area contributed by atoms with E-state index in [9.17, 15) is 39.6 Å². The zero-order valence-electron chi connectivity index (χ0n) is 20.4. The number of pyridine rings is 2. The van der Waals surface area contributed by atoms with Gasteiger partial charge in [-0.1, -0.05) is 0 Å². The Kier molecular flexibility index (Phi) is 7.56. The molecule has 216 valence electrons. The van der Waals surface area contributed by atoms with E-state index in [2.05, 4.69) is 25.1 Å². The van der Waals surface area contributed by atoms with Crippen molar-refractivity contribution in [2.45, 2.75) is 36.6 Å². The van der Waals surface area contributed by atoms with Gasteiger partial charge in [0, 0.05) is 28.3 Å². The zero-order valence-corrected chi connectivity index (χ0v) is 21.2. The minimum atomic E-state index is -4.70. The molecule has 0 spiro atoms. The van der Waals surface area contributed by atoms with Crippen molar-refractivity contribution in [1.29, 1.82) is 0 Å². The number of aromatic nitrogens is 4. The maximum Gasteiger partial charge on any atom is 0.388 e. The second-order valence-corrected chi connectivity index (χ2v) is 10.7. The van der Waals surface area contributed by atoms with Crippen LogP contribution in [0.2, 0.25) is 0 Å². The van der Waals surface area contributed by atoms with Crippen molar-refractivity contribution in [3.63, 3.8) is 0 Å². The average Bonchev–Trinajstić information content (AvgIpc) is 3.24. The van der Waals surface area contributed by atoms with E-state index >= 15 is 0 Å². The Labute approximate surface area is 226 Å². The lowest BCUT2D eigenvalue weighted by Crippen LogP contribution is -2.25. The van der Waals surface area contributed by atoms with Crippen molar-refractivity contribution in [1.82, 2.24) is 25.1 Å². The van der Waals surface area contributed by atoms with E-state index in [-0.39, 0.29) is 18.1 Å². The summed E-state index contributed by atoms with van der Waals surface area (Å²) in [4.78, 5) is 20.5. The highest BCUT2D eigenvalue weighted by Gasteiger charge is 2.36. The molecule has 41 heavy (non-hydrogen) atoms. The molecule has 0 aliphatic carbocycles. The number of amides is 1. The van der Waals surface area contributed by atoms with Gasteiger partial charge in [0.05, 0.1) is 42.1 Å². The quantitative estimate of drug-likeness (QED) is 0.315. The molecule has 0 fully saturated rings. The predicted molar refractivity (Wildman–Crippen MR) is 128 cm³/mol.